The van der Waals surface area contributed by atoms with Crippen molar-refractivity contribution < 1.29 is 22.6 Å². The Bertz CT molecular complexity index is 1450. The summed E-state index contributed by atoms with van der Waals surface area (Å²) in [6.07, 6.45) is -4.37. The van der Waals surface area contributed by atoms with E-state index in [0.29, 0.717) is 30.0 Å². The Labute approximate surface area is 229 Å². The van der Waals surface area contributed by atoms with Gasteiger partial charge in [-0.2, -0.15) is 13.2 Å². The number of aryl methyl sites for hydroxylation is 1. The summed E-state index contributed by atoms with van der Waals surface area (Å²) in [7, 11) is 0. The topological polar surface area (TPSA) is 46.6 Å². The highest BCUT2D eigenvalue weighted by Crippen LogP contribution is 2.33. The summed E-state index contributed by atoms with van der Waals surface area (Å²) in [5.41, 5.74) is 4.62. The van der Waals surface area contributed by atoms with Crippen LogP contribution in [0.4, 0.5) is 13.2 Å². The summed E-state index contributed by atoms with van der Waals surface area (Å²) in [5.74, 6) is 1.51. The minimum Gasteiger partial charge on any atom is -0.454 e. The van der Waals surface area contributed by atoms with Crippen molar-refractivity contribution in [1.82, 2.24) is 15.2 Å². The van der Waals surface area contributed by atoms with E-state index in [-0.39, 0.29) is 13.3 Å². The van der Waals surface area contributed by atoms with Crippen LogP contribution < -0.4 is 14.8 Å². The molecule has 0 saturated heterocycles. The molecule has 1 N–H and O–H groups in total. The highest BCUT2D eigenvalue weighted by Gasteiger charge is 2.30. The summed E-state index contributed by atoms with van der Waals surface area (Å²) in [5, 5.41) is 5.95. The molecule has 4 aromatic rings. The average Bonchev–Trinajstić information content (AvgIpc) is 3.58. The number of alkyl halides is 3. The molecule has 1 aromatic heterocycles. The number of benzene rings is 3. The van der Waals surface area contributed by atoms with Crippen molar-refractivity contribution in [3.63, 3.8) is 0 Å². The lowest BCUT2D eigenvalue weighted by Crippen LogP contribution is -2.22. The second-order valence-corrected chi connectivity index (χ2v) is 10.4. The van der Waals surface area contributed by atoms with E-state index in [9.17, 15) is 13.2 Å². The first-order valence-electron chi connectivity index (χ1n) is 12.4. The minimum atomic E-state index is -4.37. The van der Waals surface area contributed by atoms with Gasteiger partial charge in [-0.3, -0.25) is 4.90 Å². The fourth-order valence-corrected chi connectivity index (χ4v) is 5.14. The number of rotatable bonds is 10. The van der Waals surface area contributed by atoms with E-state index < -0.39 is 11.7 Å². The van der Waals surface area contributed by atoms with Gasteiger partial charge in [0.1, 0.15) is 5.01 Å². The number of halogens is 3. The maximum absolute atomic E-state index is 13.0. The van der Waals surface area contributed by atoms with Gasteiger partial charge in [-0.05, 0) is 47.9 Å². The summed E-state index contributed by atoms with van der Waals surface area (Å²) < 4.78 is 50.1. The highest BCUT2D eigenvalue weighted by atomic mass is 32.1. The van der Waals surface area contributed by atoms with E-state index >= 15 is 0 Å². The maximum Gasteiger partial charge on any atom is 0.416 e. The predicted molar refractivity (Wildman–Crippen MR) is 146 cm³/mol. The summed E-state index contributed by atoms with van der Waals surface area (Å²) in [6, 6.07) is 19.7. The molecule has 0 radical (unpaired) electrons. The molecule has 0 bridgehead atoms. The zero-order valence-electron chi connectivity index (χ0n) is 21.4. The van der Waals surface area contributed by atoms with Crippen molar-refractivity contribution in [2.24, 2.45) is 0 Å². The third-order valence-corrected chi connectivity index (χ3v) is 7.18. The van der Waals surface area contributed by atoms with Gasteiger partial charge in [0.2, 0.25) is 6.79 Å². The van der Waals surface area contributed by atoms with E-state index in [1.54, 1.807) is 6.07 Å². The fraction of sp³-hybridized carbons (Fsp3) is 0.233. The van der Waals surface area contributed by atoms with Crippen LogP contribution >= 0.6 is 11.3 Å². The van der Waals surface area contributed by atoms with Crippen LogP contribution in [0, 0.1) is 6.92 Å². The van der Waals surface area contributed by atoms with Gasteiger partial charge in [0.05, 0.1) is 23.5 Å². The molecule has 1 aliphatic rings. The van der Waals surface area contributed by atoms with Crippen LogP contribution in [-0.4, -0.2) is 16.7 Å². The summed E-state index contributed by atoms with van der Waals surface area (Å²) >= 11 is 1.53. The van der Waals surface area contributed by atoms with E-state index in [1.165, 1.54) is 28.5 Å². The molecule has 0 spiro atoms. The third-order valence-electron chi connectivity index (χ3n) is 6.35. The summed E-state index contributed by atoms with van der Waals surface area (Å²) in [6.45, 7) is 8.62. The predicted octanol–water partition coefficient (Wildman–Crippen LogP) is 7.16. The first-order valence-corrected chi connectivity index (χ1v) is 13.3. The van der Waals surface area contributed by atoms with Crippen LogP contribution in [0.2, 0.25) is 0 Å². The lowest BCUT2D eigenvalue weighted by molar-refractivity contribution is -0.137. The Balaban J connectivity index is 1.26. The maximum atomic E-state index is 13.0. The van der Waals surface area contributed by atoms with Gasteiger partial charge in [0, 0.05) is 25.0 Å². The van der Waals surface area contributed by atoms with Gasteiger partial charge >= 0.3 is 6.18 Å². The van der Waals surface area contributed by atoms with Crippen LogP contribution in [0.15, 0.2) is 78.7 Å². The number of fused-ring (bicyclic) bond motifs is 1. The van der Waals surface area contributed by atoms with E-state index in [0.717, 1.165) is 40.7 Å². The zero-order chi connectivity index (χ0) is 27.4. The molecule has 3 aromatic carbocycles. The molecule has 5 nitrogen and oxygen atoms in total. The van der Waals surface area contributed by atoms with Crippen LogP contribution in [0.1, 0.15) is 38.5 Å². The monoisotopic (exact) mass is 551 g/mol. The number of hydrogen-bond acceptors (Lipinski definition) is 6. The van der Waals surface area contributed by atoms with Gasteiger partial charge in [0.25, 0.3) is 0 Å². The van der Waals surface area contributed by atoms with Crippen LogP contribution in [0.3, 0.4) is 0 Å². The van der Waals surface area contributed by atoms with E-state index in [2.05, 4.69) is 48.0 Å². The van der Waals surface area contributed by atoms with Crippen LogP contribution in [-0.2, 0) is 32.4 Å². The number of aromatic nitrogens is 1. The van der Waals surface area contributed by atoms with Crippen molar-refractivity contribution in [2.75, 3.05) is 6.79 Å². The number of ether oxygens (including phenoxy) is 2. The number of nitrogens with zero attached hydrogens (tertiary/aromatic N) is 2. The Kier molecular flexibility index (Phi) is 7.90. The van der Waals surface area contributed by atoms with Gasteiger partial charge < -0.3 is 14.8 Å². The smallest absolute Gasteiger partial charge is 0.416 e. The lowest BCUT2D eigenvalue weighted by Gasteiger charge is -2.22. The molecule has 1 aliphatic heterocycles. The zero-order valence-corrected chi connectivity index (χ0v) is 22.2. The molecule has 2 heterocycles. The molecular formula is C30H28F3N3O2S. The lowest BCUT2D eigenvalue weighted by atomic mass is 10.1. The van der Waals surface area contributed by atoms with Crippen LogP contribution in [0.5, 0.6) is 11.5 Å². The number of nitrogens with one attached hydrogen (secondary N) is 1. The molecule has 5 rings (SSSR count). The largest absolute Gasteiger partial charge is 0.454 e. The molecule has 9 heteroatoms. The fourth-order valence-electron chi connectivity index (χ4n) is 4.29. The summed E-state index contributed by atoms with van der Waals surface area (Å²) in [4.78, 5) is 7.07. The third kappa shape index (κ3) is 6.99. The molecule has 39 heavy (non-hydrogen) atoms. The first kappa shape index (κ1) is 26.8. The van der Waals surface area contributed by atoms with Crippen molar-refractivity contribution in [3.8, 4) is 11.5 Å². The van der Waals surface area contributed by atoms with Gasteiger partial charge in [-0.1, -0.05) is 54.6 Å². The SMILES string of the molecule is C=C(NCc1cccc(C(F)(F)F)c1)c1csc(CN(Cc2ccc(C)cc2)Cc2ccc3c(c2)OCO3)n1. The standard InChI is InChI=1S/C30H28F3N3O2S/c1-20-6-8-22(9-7-20)15-36(16-24-10-11-27-28(13-24)38-19-37-27)17-29-35-26(18-39-29)21(2)34-14-23-4-3-5-25(12-23)30(31,32)33/h3-13,18,34H,2,14-17,19H2,1H3. The molecule has 202 valence electrons. The molecule has 0 saturated carbocycles. The Morgan fingerprint density at radius 1 is 0.949 bits per heavy atom. The van der Waals surface area contributed by atoms with Crippen molar-refractivity contribution in [1.29, 1.82) is 0 Å². The first-order chi connectivity index (χ1) is 18.7. The van der Waals surface area contributed by atoms with Crippen molar-refractivity contribution in [2.45, 2.75) is 39.3 Å². The Hall–Kier alpha value is -3.82. The van der Waals surface area contributed by atoms with Crippen molar-refractivity contribution in [3.05, 3.63) is 117 Å². The highest BCUT2D eigenvalue weighted by molar-refractivity contribution is 7.09. The molecule has 0 atom stereocenters. The van der Waals surface area contributed by atoms with E-state index in [4.69, 9.17) is 14.5 Å². The number of thiazole rings is 1. The van der Waals surface area contributed by atoms with Gasteiger partial charge in [0.15, 0.2) is 11.5 Å². The molecule has 0 unspecified atom stereocenters. The van der Waals surface area contributed by atoms with E-state index in [1.807, 2.05) is 23.6 Å². The molecule has 0 fully saturated rings. The van der Waals surface area contributed by atoms with Crippen LogP contribution in [0.25, 0.3) is 5.70 Å². The van der Waals surface area contributed by atoms with Gasteiger partial charge in [-0.15, -0.1) is 11.3 Å². The minimum absolute atomic E-state index is 0.222. The van der Waals surface area contributed by atoms with Crippen molar-refractivity contribution >= 4 is 17.0 Å². The molecule has 0 aliphatic carbocycles. The average molecular weight is 552 g/mol. The van der Waals surface area contributed by atoms with Gasteiger partial charge in [-0.25, -0.2) is 4.98 Å². The Morgan fingerprint density at radius 3 is 2.49 bits per heavy atom. The molecule has 0 amide bonds. The quantitative estimate of drug-likeness (QED) is 0.227. The second-order valence-electron chi connectivity index (χ2n) is 9.48. The second kappa shape index (κ2) is 11.5. The number of hydrogen-bond donors (Lipinski definition) is 1. The molecular weight excluding hydrogens is 523 g/mol. The Morgan fingerprint density at radius 2 is 1.69 bits per heavy atom. The normalized spacial score (nSPS) is 12.6.